The second kappa shape index (κ2) is 4.64. The average molecular weight is 242 g/mol. The van der Waals surface area contributed by atoms with E-state index in [1.807, 2.05) is 32.3 Å². The Kier molecular flexibility index (Phi) is 3.19. The largest absolute Gasteiger partial charge is 0.350 e. The molecule has 0 aromatic carbocycles. The first kappa shape index (κ1) is 12.4. The molecule has 1 aromatic rings. The number of aromatic nitrogens is 2. The van der Waals surface area contributed by atoms with Crippen LogP contribution < -0.4 is 9.80 Å². The minimum atomic E-state index is 0.180. The van der Waals surface area contributed by atoms with Gasteiger partial charge in [0.15, 0.2) is 5.82 Å². The fraction of sp³-hybridized carbons (Fsp3) is 0.286. The molecule has 4 nitrogen and oxygen atoms in total. The molecule has 2 heterocycles. The van der Waals surface area contributed by atoms with Crippen LogP contribution in [0.1, 0.15) is 13.8 Å². The molecule has 1 aromatic heterocycles. The Hall–Kier alpha value is -2.10. The van der Waals surface area contributed by atoms with Gasteiger partial charge in [-0.05, 0) is 25.5 Å². The third-order valence-electron chi connectivity index (χ3n) is 3.38. The average Bonchev–Trinajstić information content (AvgIpc) is 2.65. The number of rotatable bonds is 3. The number of hydrogen-bond acceptors (Lipinski definition) is 4. The predicted molar refractivity (Wildman–Crippen MR) is 75.5 cm³/mol. The lowest BCUT2D eigenvalue weighted by molar-refractivity contribution is 0.711. The molecular weight excluding hydrogens is 224 g/mol. The summed E-state index contributed by atoms with van der Waals surface area (Å²) in [6.07, 6.45) is 7.27. The minimum Gasteiger partial charge on any atom is -0.350 e. The Balaban J connectivity index is 2.59. The first-order valence-corrected chi connectivity index (χ1v) is 5.89. The van der Waals surface area contributed by atoms with Crippen LogP contribution in [0.4, 0.5) is 11.5 Å². The van der Waals surface area contributed by atoms with Crippen molar-refractivity contribution < 1.29 is 0 Å². The molecular formula is C14H18N4. The van der Waals surface area contributed by atoms with E-state index in [0.29, 0.717) is 0 Å². The molecule has 0 aliphatic carbocycles. The van der Waals surface area contributed by atoms with Crippen LogP contribution in [0.3, 0.4) is 0 Å². The molecule has 4 heteroatoms. The Morgan fingerprint density at radius 1 is 1.39 bits per heavy atom. The van der Waals surface area contributed by atoms with Gasteiger partial charge >= 0.3 is 0 Å². The van der Waals surface area contributed by atoms with Crippen LogP contribution in [-0.4, -0.2) is 23.2 Å². The normalized spacial score (nSPS) is 19.4. The quantitative estimate of drug-likeness (QED) is 0.763. The van der Waals surface area contributed by atoms with Crippen LogP contribution in [0.15, 0.2) is 49.1 Å². The molecule has 0 unspecified atom stereocenters. The summed E-state index contributed by atoms with van der Waals surface area (Å²) in [5.74, 6) is 0.913. The fourth-order valence-electron chi connectivity index (χ4n) is 2.17. The van der Waals surface area contributed by atoms with Crippen LogP contribution in [0.25, 0.3) is 0 Å². The highest BCUT2D eigenvalue weighted by Crippen LogP contribution is 2.39. The highest BCUT2D eigenvalue weighted by molar-refractivity contribution is 5.76. The maximum atomic E-state index is 4.38. The van der Waals surface area contributed by atoms with Gasteiger partial charge in [-0.3, -0.25) is 0 Å². The summed E-state index contributed by atoms with van der Waals surface area (Å²) in [7, 11) is 2.04. The number of fused-ring (bicyclic) bond motifs is 1. The highest BCUT2D eigenvalue weighted by atomic mass is 15.4. The zero-order valence-corrected chi connectivity index (χ0v) is 11.1. The topological polar surface area (TPSA) is 32.3 Å². The molecule has 2 rings (SSSR count). The molecule has 0 radical (unpaired) electrons. The molecule has 1 atom stereocenters. The molecule has 0 amide bonds. The molecule has 0 spiro atoms. The maximum absolute atomic E-state index is 4.38. The molecule has 0 N–H and O–H groups in total. The summed E-state index contributed by atoms with van der Waals surface area (Å²) in [5, 5.41) is 0. The van der Waals surface area contributed by atoms with Gasteiger partial charge in [0.2, 0.25) is 0 Å². The second-order valence-electron chi connectivity index (χ2n) is 4.32. The predicted octanol–water partition coefficient (Wildman–Crippen LogP) is 2.72. The van der Waals surface area contributed by atoms with Gasteiger partial charge in [0.05, 0.1) is 6.20 Å². The van der Waals surface area contributed by atoms with Crippen molar-refractivity contribution in [2.45, 2.75) is 20.0 Å². The zero-order chi connectivity index (χ0) is 13.3. The SMILES string of the molecule is C=C/C(C)=C(\C=C)N1c2ncncc2N(C)[C@@H]1C. The minimum absolute atomic E-state index is 0.180. The summed E-state index contributed by atoms with van der Waals surface area (Å²) >= 11 is 0. The van der Waals surface area contributed by atoms with Crippen molar-refractivity contribution in [2.24, 2.45) is 0 Å². The second-order valence-corrected chi connectivity index (χ2v) is 4.32. The van der Waals surface area contributed by atoms with Gasteiger partial charge in [-0.1, -0.05) is 19.2 Å². The Labute approximate surface area is 108 Å². The molecule has 0 saturated carbocycles. The summed E-state index contributed by atoms with van der Waals surface area (Å²) in [6.45, 7) is 11.9. The van der Waals surface area contributed by atoms with Crippen molar-refractivity contribution in [3.05, 3.63) is 49.1 Å². The van der Waals surface area contributed by atoms with Crippen molar-refractivity contribution >= 4 is 11.5 Å². The van der Waals surface area contributed by atoms with Gasteiger partial charge in [-0.25, -0.2) is 9.97 Å². The standard InChI is InChI=1S/C14H18N4/c1-6-10(3)12(7-2)18-11(4)17(5)13-8-15-9-16-14(13)18/h6-9,11H,1-2H2,3-5H3/b12-10+/t11-/m0/s1. The van der Waals surface area contributed by atoms with Crippen molar-refractivity contribution in [1.29, 1.82) is 0 Å². The summed E-state index contributed by atoms with van der Waals surface area (Å²) in [5.41, 5.74) is 3.14. The van der Waals surface area contributed by atoms with E-state index < -0.39 is 0 Å². The van der Waals surface area contributed by atoms with Crippen LogP contribution in [0.2, 0.25) is 0 Å². The van der Waals surface area contributed by atoms with Gasteiger partial charge < -0.3 is 9.80 Å². The number of anilines is 2. The Bertz CT molecular complexity index is 518. The van der Waals surface area contributed by atoms with E-state index in [1.165, 1.54) is 0 Å². The molecule has 0 saturated heterocycles. The van der Waals surface area contributed by atoms with Gasteiger partial charge in [-0.15, -0.1) is 0 Å². The van der Waals surface area contributed by atoms with Crippen LogP contribution >= 0.6 is 0 Å². The lowest BCUT2D eigenvalue weighted by Crippen LogP contribution is -2.38. The fourth-order valence-corrected chi connectivity index (χ4v) is 2.17. The third kappa shape index (κ3) is 1.70. The van der Waals surface area contributed by atoms with E-state index in [1.54, 1.807) is 6.33 Å². The Morgan fingerprint density at radius 3 is 2.72 bits per heavy atom. The highest BCUT2D eigenvalue weighted by Gasteiger charge is 2.33. The molecule has 0 bridgehead atoms. The molecule has 94 valence electrons. The van der Waals surface area contributed by atoms with E-state index >= 15 is 0 Å². The summed E-state index contributed by atoms with van der Waals surface area (Å²) < 4.78 is 0. The van der Waals surface area contributed by atoms with E-state index in [4.69, 9.17) is 0 Å². The van der Waals surface area contributed by atoms with Gasteiger partial charge in [0.1, 0.15) is 18.2 Å². The van der Waals surface area contributed by atoms with Gasteiger partial charge in [0.25, 0.3) is 0 Å². The summed E-state index contributed by atoms with van der Waals surface area (Å²) in [6, 6.07) is 0. The van der Waals surface area contributed by atoms with Gasteiger partial charge in [0, 0.05) is 12.7 Å². The van der Waals surface area contributed by atoms with Crippen molar-refractivity contribution in [3.8, 4) is 0 Å². The Morgan fingerprint density at radius 2 is 2.11 bits per heavy atom. The molecule has 0 fully saturated rings. The van der Waals surface area contributed by atoms with E-state index in [0.717, 1.165) is 22.8 Å². The summed E-state index contributed by atoms with van der Waals surface area (Å²) in [4.78, 5) is 12.8. The first-order valence-electron chi connectivity index (χ1n) is 5.89. The number of allylic oxidation sites excluding steroid dienone is 3. The molecule has 18 heavy (non-hydrogen) atoms. The van der Waals surface area contributed by atoms with E-state index in [-0.39, 0.29) is 6.17 Å². The first-order chi connectivity index (χ1) is 8.61. The third-order valence-corrected chi connectivity index (χ3v) is 3.38. The molecule has 1 aliphatic rings. The van der Waals surface area contributed by atoms with E-state index in [9.17, 15) is 0 Å². The van der Waals surface area contributed by atoms with Crippen molar-refractivity contribution in [2.75, 3.05) is 16.8 Å². The monoisotopic (exact) mass is 242 g/mol. The van der Waals surface area contributed by atoms with Crippen molar-refractivity contribution in [3.63, 3.8) is 0 Å². The van der Waals surface area contributed by atoms with Crippen LogP contribution in [0, 0.1) is 0 Å². The number of nitrogens with zero attached hydrogens (tertiary/aromatic N) is 4. The zero-order valence-electron chi connectivity index (χ0n) is 11.1. The van der Waals surface area contributed by atoms with Crippen molar-refractivity contribution in [1.82, 2.24) is 9.97 Å². The number of hydrogen-bond donors (Lipinski definition) is 0. The van der Waals surface area contributed by atoms with Crippen LogP contribution in [-0.2, 0) is 0 Å². The van der Waals surface area contributed by atoms with Crippen LogP contribution in [0.5, 0.6) is 0 Å². The molecule has 1 aliphatic heterocycles. The smallest absolute Gasteiger partial charge is 0.161 e. The lowest BCUT2D eigenvalue weighted by atomic mass is 10.2. The van der Waals surface area contributed by atoms with E-state index in [2.05, 4.69) is 39.8 Å². The lowest BCUT2D eigenvalue weighted by Gasteiger charge is -2.28. The maximum Gasteiger partial charge on any atom is 0.161 e. The van der Waals surface area contributed by atoms with Gasteiger partial charge in [-0.2, -0.15) is 0 Å².